The van der Waals surface area contributed by atoms with E-state index in [1.54, 1.807) is 0 Å². The van der Waals surface area contributed by atoms with Crippen molar-refractivity contribution in [2.75, 3.05) is 26.3 Å². The maximum Gasteiger partial charge on any atom is 0.240 e. The summed E-state index contributed by atoms with van der Waals surface area (Å²) in [6, 6.07) is 0. The van der Waals surface area contributed by atoms with Gasteiger partial charge in [0.2, 0.25) is 5.91 Å². The van der Waals surface area contributed by atoms with E-state index in [0.717, 1.165) is 45.6 Å². The molecule has 2 heterocycles. The Kier molecular flexibility index (Phi) is 3.82. The van der Waals surface area contributed by atoms with Crippen molar-refractivity contribution in [2.24, 2.45) is 5.92 Å². The molecule has 0 aromatic heterocycles. The first kappa shape index (κ1) is 11.9. The lowest BCUT2D eigenvalue weighted by Crippen LogP contribution is -2.52. The molecule has 0 radical (unpaired) electrons. The molecular formula is C12H22N2O2. The second kappa shape index (κ2) is 5.15. The number of amides is 1. The van der Waals surface area contributed by atoms with Gasteiger partial charge >= 0.3 is 0 Å². The van der Waals surface area contributed by atoms with Crippen molar-refractivity contribution in [3.8, 4) is 0 Å². The molecule has 1 amide bonds. The molecule has 2 N–H and O–H groups in total. The average Bonchev–Trinajstić information content (AvgIpc) is 2.76. The lowest BCUT2D eigenvalue weighted by atomic mass is 9.98. The summed E-state index contributed by atoms with van der Waals surface area (Å²) in [5.74, 6) is 0.651. The minimum Gasteiger partial charge on any atom is -0.381 e. The second-order valence-corrected chi connectivity index (χ2v) is 5.16. The molecule has 0 aliphatic carbocycles. The molecule has 2 aliphatic rings. The molecule has 2 rings (SSSR count). The van der Waals surface area contributed by atoms with Gasteiger partial charge in [-0.25, -0.2) is 0 Å². The van der Waals surface area contributed by atoms with Gasteiger partial charge in [-0.2, -0.15) is 0 Å². The first-order chi connectivity index (χ1) is 7.71. The largest absolute Gasteiger partial charge is 0.381 e. The van der Waals surface area contributed by atoms with Gasteiger partial charge in [-0.1, -0.05) is 0 Å². The van der Waals surface area contributed by atoms with E-state index < -0.39 is 0 Å². The van der Waals surface area contributed by atoms with E-state index in [9.17, 15) is 4.79 Å². The molecule has 16 heavy (non-hydrogen) atoms. The van der Waals surface area contributed by atoms with Crippen LogP contribution in [0.1, 0.15) is 32.6 Å². The molecule has 4 nitrogen and oxygen atoms in total. The number of nitrogens with one attached hydrogen (secondary N) is 2. The smallest absolute Gasteiger partial charge is 0.240 e. The number of ether oxygens (including phenoxy) is 1. The Morgan fingerprint density at radius 1 is 1.56 bits per heavy atom. The van der Waals surface area contributed by atoms with Crippen LogP contribution in [0.2, 0.25) is 0 Å². The van der Waals surface area contributed by atoms with Crippen molar-refractivity contribution >= 4 is 5.91 Å². The van der Waals surface area contributed by atoms with E-state index in [0.29, 0.717) is 5.92 Å². The number of hydrogen-bond acceptors (Lipinski definition) is 3. The zero-order valence-electron chi connectivity index (χ0n) is 10.1. The lowest BCUT2D eigenvalue weighted by molar-refractivity contribution is -0.126. The summed E-state index contributed by atoms with van der Waals surface area (Å²) in [5.41, 5.74) is -0.338. The van der Waals surface area contributed by atoms with E-state index >= 15 is 0 Å². The molecule has 0 aromatic rings. The third kappa shape index (κ3) is 2.74. The summed E-state index contributed by atoms with van der Waals surface area (Å²) in [4.78, 5) is 12.0. The fraction of sp³-hybridized carbons (Fsp3) is 0.917. The Hall–Kier alpha value is -0.610. The van der Waals surface area contributed by atoms with Crippen LogP contribution < -0.4 is 10.6 Å². The average molecular weight is 226 g/mol. The highest BCUT2D eigenvalue weighted by atomic mass is 16.5. The Balaban J connectivity index is 1.74. The van der Waals surface area contributed by atoms with Gasteiger partial charge in [0.25, 0.3) is 0 Å². The molecule has 0 saturated carbocycles. The summed E-state index contributed by atoms with van der Waals surface area (Å²) in [6.45, 7) is 5.38. The van der Waals surface area contributed by atoms with E-state index in [4.69, 9.17) is 4.74 Å². The van der Waals surface area contributed by atoms with Gasteiger partial charge in [0, 0.05) is 13.2 Å². The zero-order valence-corrected chi connectivity index (χ0v) is 10.1. The van der Waals surface area contributed by atoms with Gasteiger partial charge in [-0.15, -0.1) is 0 Å². The lowest BCUT2D eigenvalue weighted by Gasteiger charge is -2.26. The highest BCUT2D eigenvalue weighted by molar-refractivity contribution is 5.86. The highest BCUT2D eigenvalue weighted by Gasteiger charge is 2.35. The van der Waals surface area contributed by atoms with Gasteiger partial charge < -0.3 is 15.4 Å². The van der Waals surface area contributed by atoms with Gasteiger partial charge in [-0.05, 0) is 45.1 Å². The second-order valence-electron chi connectivity index (χ2n) is 5.16. The maximum atomic E-state index is 12.0. The number of carbonyl (C=O) groups is 1. The van der Waals surface area contributed by atoms with Crippen LogP contribution in [-0.2, 0) is 9.53 Å². The fourth-order valence-corrected chi connectivity index (χ4v) is 2.49. The molecule has 2 saturated heterocycles. The topological polar surface area (TPSA) is 50.4 Å². The molecule has 2 aliphatic heterocycles. The van der Waals surface area contributed by atoms with Crippen molar-refractivity contribution in [2.45, 2.75) is 38.1 Å². The third-order valence-corrected chi connectivity index (χ3v) is 3.68. The van der Waals surface area contributed by atoms with Crippen LogP contribution in [0.3, 0.4) is 0 Å². The number of hydrogen-bond donors (Lipinski definition) is 2. The van der Waals surface area contributed by atoms with Gasteiger partial charge in [-0.3, -0.25) is 4.79 Å². The van der Waals surface area contributed by atoms with Crippen molar-refractivity contribution in [1.29, 1.82) is 0 Å². The Morgan fingerprint density at radius 2 is 2.44 bits per heavy atom. The van der Waals surface area contributed by atoms with E-state index in [-0.39, 0.29) is 11.4 Å². The van der Waals surface area contributed by atoms with Gasteiger partial charge in [0.15, 0.2) is 0 Å². The van der Waals surface area contributed by atoms with Crippen molar-refractivity contribution in [3.05, 3.63) is 0 Å². The Labute approximate surface area is 97.1 Å². The van der Waals surface area contributed by atoms with E-state index in [1.165, 1.54) is 6.42 Å². The maximum absolute atomic E-state index is 12.0. The van der Waals surface area contributed by atoms with Crippen molar-refractivity contribution < 1.29 is 9.53 Å². The van der Waals surface area contributed by atoms with Crippen LogP contribution >= 0.6 is 0 Å². The quantitative estimate of drug-likeness (QED) is 0.743. The monoisotopic (exact) mass is 226 g/mol. The third-order valence-electron chi connectivity index (χ3n) is 3.68. The summed E-state index contributed by atoms with van der Waals surface area (Å²) in [5, 5.41) is 6.33. The van der Waals surface area contributed by atoms with Gasteiger partial charge in [0.05, 0.1) is 12.1 Å². The predicted molar refractivity (Wildman–Crippen MR) is 62.2 cm³/mol. The SMILES string of the molecule is CC1(C(=O)NCC2CCCOC2)CCCN1. The molecule has 0 bridgehead atoms. The van der Waals surface area contributed by atoms with Crippen LogP contribution in [0.5, 0.6) is 0 Å². The van der Waals surface area contributed by atoms with Crippen LogP contribution in [0, 0.1) is 5.92 Å². The fourth-order valence-electron chi connectivity index (χ4n) is 2.49. The summed E-state index contributed by atoms with van der Waals surface area (Å²) in [7, 11) is 0. The van der Waals surface area contributed by atoms with Crippen molar-refractivity contribution in [3.63, 3.8) is 0 Å². The first-order valence-electron chi connectivity index (χ1n) is 6.32. The molecular weight excluding hydrogens is 204 g/mol. The first-order valence-corrected chi connectivity index (χ1v) is 6.32. The zero-order chi connectivity index (χ0) is 11.4. The molecule has 0 spiro atoms. The van der Waals surface area contributed by atoms with E-state index in [1.807, 2.05) is 6.92 Å². The molecule has 4 heteroatoms. The molecule has 2 unspecified atom stereocenters. The molecule has 92 valence electrons. The van der Waals surface area contributed by atoms with Crippen LogP contribution in [0.25, 0.3) is 0 Å². The summed E-state index contributed by atoms with van der Waals surface area (Å²) >= 11 is 0. The summed E-state index contributed by atoms with van der Waals surface area (Å²) < 4.78 is 5.40. The molecule has 2 atom stereocenters. The minimum absolute atomic E-state index is 0.149. The normalized spacial score (nSPS) is 34.9. The number of rotatable bonds is 3. The standard InChI is InChI=1S/C12H22N2O2/c1-12(5-3-6-14-12)11(15)13-8-10-4-2-7-16-9-10/h10,14H,2-9H2,1H3,(H,13,15). The molecule has 2 fully saturated rings. The van der Waals surface area contributed by atoms with Crippen LogP contribution in [0.4, 0.5) is 0 Å². The Bertz CT molecular complexity index is 243. The van der Waals surface area contributed by atoms with Crippen LogP contribution in [-0.4, -0.2) is 37.7 Å². The summed E-state index contributed by atoms with van der Waals surface area (Å²) in [6.07, 6.45) is 4.33. The van der Waals surface area contributed by atoms with E-state index in [2.05, 4.69) is 10.6 Å². The predicted octanol–water partition coefficient (Wildman–Crippen LogP) is 0.671. The van der Waals surface area contributed by atoms with Crippen LogP contribution in [0.15, 0.2) is 0 Å². The van der Waals surface area contributed by atoms with Gasteiger partial charge in [0.1, 0.15) is 0 Å². The molecule has 0 aromatic carbocycles. The highest BCUT2D eigenvalue weighted by Crippen LogP contribution is 2.19. The Morgan fingerprint density at radius 3 is 3.06 bits per heavy atom. The number of carbonyl (C=O) groups excluding carboxylic acids is 1. The van der Waals surface area contributed by atoms with Crippen molar-refractivity contribution in [1.82, 2.24) is 10.6 Å². The minimum atomic E-state index is -0.338.